The number of nitrogens with zero attached hydrogens (tertiary/aromatic N) is 1. The molecule has 1 aromatic carbocycles. The molecule has 1 aliphatic carbocycles. The van der Waals surface area contributed by atoms with E-state index in [1.54, 1.807) is 23.5 Å². The largest absolute Gasteiger partial charge is 0.309 e. The van der Waals surface area contributed by atoms with E-state index in [2.05, 4.69) is 12.2 Å². The van der Waals surface area contributed by atoms with Crippen LogP contribution in [-0.4, -0.2) is 11.0 Å². The lowest BCUT2D eigenvalue weighted by atomic mass is 10.1. The molecule has 0 amide bonds. The Balaban J connectivity index is 1.72. The van der Waals surface area contributed by atoms with E-state index in [0.717, 1.165) is 30.0 Å². The zero-order valence-corrected chi connectivity index (χ0v) is 12.5. The number of nitrogens with one attached hydrogen (secondary N) is 1. The zero-order chi connectivity index (χ0) is 13.9. The number of rotatable bonds is 6. The quantitative estimate of drug-likeness (QED) is 0.877. The van der Waals surface area contributed by atoms with E-state index in [0.29, 0.717) is 6.04 Å². The van der Waals surface area contributed by atoms with Crippen molar-refractivity contribution in [3.05, 3.63) is 51.2 Å². The molecular weight excluding hydrogens is 271 g/mol. The predicted molar refractivity (Wildman–Crippen MR) is 80.6 cm³/mol. The second kappa shape index (κ2) is 6.02. The fourth-order valence-corrected chi connectivity index (χ4v) is 3.42. The minimum absolute atomic E-state index is 0.176. The first-order chi connectivity index (χ1) is 9.74. The molecular formula is C16H19FN2S. The third kappa shape index (κ3) is 3.44. The van der Waals surface area contributed by atoms with Gasteiger partial charge in [0.25, 0.3) is 0 Å². The highest BCUT2D eigenvalue weighted by molar-refractivity contribution is 7.11. The maximum atomic E-state index is 13.2. The molecule has 0 atom stereocenters. The third-order valence-corrected chi connectivity index (χ3v) is 4.63. The molecule has 20 heavy (non-hydrogen) atoms. The number of aryl methyl sites for hydroxylation is 1. The average Bonchev–Trinajstić information content (AvgIpc) is 3.18. The topological polar surface area (TPSA) is 24.9 Å². The maximum Gasteiger partial charge on any atom is 0.123 e. The summed E-state index contributed by atoms with van der Waals surface area (Å²) in [5.74, 6) is -0.176. The van der Waals surface area contributed by atoms with Gasteiger partial charge in [0, 0.05) is 23.9 Å². The van der Waals surface area contributed by atoms with Crippen LogP contribution in [-0.2, 0) is 19.4 Å². The molecule has 1 fully saturated rings. The van der Waals surface area contributed by atoms with Crippen molar-refractivity contribution >= 4 is 11.3 Å². The molecule has 1 aromatic heterocycles. The van der Waals surface area contributed by atoms with Gasteiger partial charge < -0.3 is 5.32 Å². The van der Waals surface area contributed by atoms with E-state index >= 15 is 0 Å². The van der Waals surface area contributed by atoms with Crippen LogP contribution in [0.25, 0.3) is 0 Å². The molecule has 0 saturated heterocycles. The molecule has 0 aliphatic heterocycles. The minimum atomic E-state index is -0.176. The molecule has 1 saturated carbocycles. The van der Waals surface area contributed by atoms with Gasteiger partial charge >= 0.3 is 0 Å². The molecule has 2 nitrogen and oxygen atoms in total. The summed E-state index contributed by atoms with van der Waals surface area (Å²) < 4.78 is 13.2. The lowest BCUT2D eigenvalue weighted by Gasteiger charge is -2.00. The van der Waals surface area contributed by atoms with E-state index in [-0.39, 0.29) is 5.82 Å². The molecule has 3 rings (SSSR count). The van der Waals surface area contributed by atoms with E-state index in [4.69, 9.17) is 4.98 Å². The van der Waals surface area contributed by atoms with Crippen LogP contribution in [0.1, 0.15) is 40.9 Å². The van der Waals surface area contributed by atoms with Crippen LogP contribution < -0.4 is 5.32 Å². The van der Waals surface area contributed by atoms with Crippen molar-refractivity contribution in [1.82, 2.24) is 10.3 Å². The second-order valence-electron chi connectivity index (χ2n) is 5.29. The van der Waals surface area contributed by atoms with E-state index in [1.807, 2.05) is 6.07 Å². The predicted octanol–water partition coefficient (Wildman–Crippen LogP) is 3.69. The van der Waals surface area contributed by atoms with Gasteiger partial charge in [0.15, 0.2) is 0 Å². The molecule has 0 spiro atoms. The highest BCUT2D eigenvalue weighted by atomic mass is 32.1. The molecule has 4 heteroatoms. The summed E-state index contributed by atoms with van der Waals surface area (Å²) in [6.45, 7) is 3.07. The molecule has 0 radical (unpaired) electrons. The van der Waals surface area contributed by atoms with Gasteiger partial charge in [0.2, 0.25) is 0 Å². The Hall–Kier alpha value is -1.26. The third-order valence-electron chi connectivity index (χ3n) is 3.53. The molecule has 106 valence electrons. The van der Waals surface area contributed by atoms with Crippen LogP contribution >= 0.6 is 11.3 Å². The second-order valence-corrected chi connectivity index (χ2v) is 6.46. The highest BCUT2D eigenvalue weighted by Gasteiger charge is 2.21. The average molecular weight is 290 g/mol. The van der Waals surface area contributed by atoms with Crippen LogP contribution in [0.2, 0.25) is 0 Å². The first-order valence-corrected chi connectivity index (χ1v) is 8.01. The fraction of sp³-hybridized carbons (Fsp3) is 0.438. The van der Waals surface area contributed by atoms with Gasteiger partial charge in [-0.15, -0.1) is 11.3 Å². The Morgan fingerprint density at radius 3 is 2.95 bits per heavy atom. The smallest absolute Gasteiger partial charge is 0.123 e. The van der Waals surface area contributed by atoms with Crippen molar-refractivity contribution in [1.29, 1.82) is 0 Å². The minimum Gasteiger partial charge on any atom is -0.309 e. The number of thiazole rings is 1. The Kier molecular flexibility index (Phi) is 4.13. The Labute approximate surface area is 123 Å². The number of benzene rings is 1. The molecule has 2 aromatic rings. The SMILES string of the molecule is CCc1nc(Cc2cccc(F)c2)sc1CNC1CC1. The molecule has 1 heterocycles. The van der Waals surface area contributed by atoms with Crippen molar-refractivity contribution in [3.63, 3.8) is 0 Å². The summed E-state index contributed by atoms with van der Waals surface area (Å²) in [4.78, 5) is 6.05. The van der Waals surface area contributed by atoms with Crippen molar-refractivity contribution in [3.8, 4) is 0 Å². The Morgan fingerprint density at radius 1 is 1.40 bits per heavy atom. The first-order valence-electron chi connectivity index (χ1n) is 7.20. The highest BCUT2D eigenvalue weighted by Crippen LogP contribution is 2.24. The monoisotopic (exact) mass is 290 g/mol. The van der Waals surface area contributed by atoms with Gasteiger partial charge in [-0.05, 0) is 37.0 Å². The van der Waals surface area contributed by atoms with Gasteiger partial charge in [-0.3, -0.25) is 0 Å². The number of hydrogen-bond donors (Lipinski definition) is 1. The van der Waals surface area contributed by atoms with Crippen LogP contribution in [0.3, 0.4) is 0 Å². The Bertz CT molecular complexity index is 590. The maximum absolute atomic E-state index is 13.2. The van der Waals surface area contributed by atoms with Crippen molar-refractivity contribution in [2.24, 2.45) is 0 Å². The lowest BCUT2D eigenvalue weighted by Crippen LogP contribution is -2.15. The zero-order valence-electron chi connectivity index (χ0n) is 11.7. The Morgan fingerprint density at radius 2 is 2.25 bits per heavy atom. The van der Waals surface area contributed by atoms with Crippen molar-refractivity contribution < 1.29 is 4.39 Å². The van der Waals surface area contributed by atoms with Gasteiger partial charge in [-0.1, -0.05) is 19.1 Å². The van der Waals surface area contributed by atoms with Crippen LogP contribution in [0.4, 0.5) is 4.39 Å². The summed E-state index contributed by atoms with van der Waals surface area (Å²) in [7, 11) is 0. The van der Waals surface area contributed by atoms with E-state index in [9.17, 15) is 4.39 Å². The normalized spacial score (nSPS) is 14.7. The van der Waals surface area contributed by atoms with Gasteiger partial charge in [-0.25, -0.2) is 9.37 Å². The van der Waals surface area contributed by atoms with E-state index in [1.165, 1.54) is 29.5 Å². The summed E-state index contributed by atoms with van der Waals surface area (Å²) >= 11 is 1.76. The molecule has 1 aliphatic rings. The lowest BCUT2D eigenvalue weighted by molar-refractivity contribution is 0.626. The van der Waals surface area contributed by atoms with Gasteiger partial charge in [0.1, 0.15) is 5.82 Å². The standard InChI is InChI=1S/C16H19FN2S/c1-2-14-15(10-18-13-6-7-13)20-16(19-14)9-11-4-3-5-12(17)8-11/h3-5,8,13,18H,2,6-7,9-10H2,1H3. The summed E-state index contributed by atoms with van der Waals surface area (Å²) in [5, 5.41) is 4.63. The van der Waals surface area contributed by atoms with Gasteiger partial charge in [-0.2, -0.15) is 0 Å². The van der Waals surface area contributed by atoms with Gasteiger partial charge in [0.05, 0.1) is 10.7 Å². The number of aromatic nitrogens is 1. The van der Waals surface area contributed by atoms with Crippen LogP contribution in [0.15, 0.2) is 24.3 Å². The molecule has 0 unspecified atom stereocenters. The fourth-order valence-electron chi connectivity index (χ4n) is 2.27. The number of halogens is 1. The summed E-state index contributed by atoms with van der Waals surface area (Å²) in [6, 6.07) is 7.50. The summed E-state index contributed by atoms with van der Waals surface area (Å²) in [6.07, 6.45) is 4.28. The molecule has 1 N–H and O–H groups in total. The van der Waals surface area contributed by atoms with Crippen molar-refractivity contribution in [2.45, 2.75) is 45.2 Å². The number of hydrogen-bond acceptors (Lipinski definition) is 3. The summed E-state index contributed by atoms with van der Waals surface area (Å²) in [5.41, 5.74) is 2.18. The van der Waals surface area contributed by atoms with E-state index < -0.39 is 0 Å². The van der Waals surface area contributed by atoms with Crippen LogP contribution in [0, 0.1) is 5.82 Å². The molecule has 0 bridgehead atoms. The van der Waals surface area contributed by atoms with Crippen molar-refractivity contribution in [2.75, 3.05) is 0 Å². The van der Waals surface area contributed by atoms with Crippen LogP contribution in [0.5, 0.6) is 0 Å². The first kappa shape index (κ1) is 13.7.